The van der Waals surface area contributed by atoms with E-state index in [4.69, 9.17) is 0 Å². The van der Waals surface area contributed by atoms with Crippen LogP contribution in [0.5, 0.6) is 0 Å². The first-order chi connectivity index (χ1) is 16.9. The third-order valence-electron chi connectivity index (χ3n) is 5.68. The van der Waals surface area contributed by atoms with Crippen LogP contribution < -0.4 is 4.90 Å². The van der Waals surface area contributed by atoms with E-state index in [1.54, 1.807) is 12.4 Å². The summed E-state index contributed by atoms with van der Waals surface area (Å²) in [6, 6.07) is 12.3. The lowest BCUT2D eigenvalue weighted by atomic mass is 10.1. The summed E-state index contributed by atoms with van der Waals surface area (Å²) in [6.45, 7) is 1.45. The lowest BCUT2D eigenvalue weighted by Gasteiger charge is -2.35. The lowest BCUT2D eigenvalue weighted by molar-refractivity contribution is -0.138. The van der Waals surface area contributed by atoms with Crippen LogP contribution in [0.4, 0.5) is 19.0 Å². The zero-order valence-electron chi connectivity index (χ0n) is 18.3. The maximum absolute atomic E-state index is 13.3. The number of piperazine rings is 1. The Morgan fingerprint density at radius 1 is 0.914 bits per heavy atom. The van der Waals surface area contributed by atoms with Crippen LogP contribution in [0.2, 0.25) is 0 Å². The Labute approximate surface area is 202 Å². The minimum atomic E-state index is -4.58. The number of halogens is 3. The molecule has 1 saturated heterocycles. The van der Waals surface area contributed by atoms with Gasteiger partial charge in [-0.05, 0) is 36.4 Å². The highest BCUT2D eigenvalue weighted by Crippen LogP contribution is 2.33. The molecule has 0 aliphatic carbocycles. The predicted molar refractivity (Wildman–Crippen MR) is 126 cm³/mol. The standard InChI is InChI=1S/C24H19F3N6OS/c25-24(26,27)18-6-2-1-5-17(18)23(34)33-12-10-32(11-13-33)21-8-7-19(30-31-21)20-15-35-22(29-20)16-4-3-9-28-14-16/h1-9,14-15H,10-13H2. The number of anilines is 1. The molecule has 0 saturated carbocycles. The molecule has 11 heteroatoms. The molecule has 0 radical (unpaired) electrons. The number of rotatable bonds is 4. The molecule has 1 fully saturated rings. The van der Waals surface area contributed by atoms with Crippen molar-refractivity contribution in [1.82, 2.24) is 25.1 Å². The molecule has 3 aromatic heterocycles. The Hall–Kier alpha value is -3.86. The smallest absolute Gasteiger partial charge is 0.352 e. The van der Waals surface area contributed by atoms with Crippen LogP contribution in [0.1, 0.15) is 15.9 Å². The Balaban J connectivity index is 1.24. The quantitative estimate of drug-likeness (QED) is 0.410. The van der Waals surface area contributed by atoms with Crippen molar-refractivity contribution in [2.45, 2.75) is 6.18 Å². The van der Waals surface area contributed by atoms with Crippen molar-refractivity contribution in [3.8, 4) is 22.0 Å². The Morgan fingerprint density at radius 2 is 1.71 bits per heavy atom. The van der Waals surface area contributed by atoms with Gasteiger partial charge in [-0.15, -0.1) is 21.5 Å². The highest BCUT2D eigenvalue weighted by atomic mass is 32.1. The average Bonchev–Trinajstić information content (AvgIpc) is 3.39. The number of nitrogens with zero attached hydrogens (tertiary/aromatic N) is 6. The molecule has 5 rings (SSSR count). The largest absolute Gasteiger partial charge is 0.417 e. The molecular formula is C24H19F3N6OS. The van der Waals surface area contributed by atoms with E-state index in [1.165, 1.54) is 34.4 Å². The second-order valence-corrected chi connectivity index (χ2v) is 8.74. The number of thiazole rings is 1. The first-order valence-electron chi connectivity index (χ1n) is 10.8. The molecule has 178 valence electrons. The predicted octanol–water partition coefficient (Wildman–Crippen LogP) is 4.64. The van der Waals surface area contributed by atoms with Crippen LogP contribution in [0.25, 0.3) is 22.0 Å². The SMILES string of the molecule is O=C(c1ccccc1C(F)(F)F)N1CCN(c2ccc(-c3csc(-c4cccnc4)n3)nn2)CC1. The topological polar surface area (TPSA) is 75.1 Å². The van der Waals surface area contributed by atoms with Crippen molar-refractivity contribution in [2.75, 3.05) is 31.1 Å². The van der Waals surface area contributed by atoms with E-state index in [1.807, 2.05) is 34.5 Å². The molecule has 1 aliphatic heterocycles. The molecule has 7 nitrogen and oxygen atoms in total. The molecular weight excluding hydrogens is 477 g/mol. The van der Waals surface area contributed by atoms with Crippen LogP contribution >= 0.6 is 11.3 Å². The number of benzene rings is 1. The van der Waals surface area contributed by atoms with Gasteiger partial charge in [0.2, 0.25) is 0 Å². The molecule has 4 heterocycles. The summed E-state index contributed by atoms with van der Waals surface area (Å²) in [5.74, 6) is 0.0196. The molecule has 0 spiro atoms. The van der Waals surface area contributed by atoms with Gasteiger partial charge in [0.15, 0.2) is 5.82 Å². The highest BCUT2D eigenvalue weighted by molar-refractivity contribution is 7.13. The van der Waals surface area contributed by atoms with Crippen molar-refractivity contribution in [3.05, 3.63) is 77.4 Å². The van der Waals surface area contributed by atoms with Gasteiger partial charge in [-0.2, -0.15) is 13.2 Å². The summed E-state index contributed by atoms with van der Waals surface area (Å²) < 4.78 is 39.9. The first-order valence-corrected chi connectivity index (χ1v) is 11.7. The van der Waals surface area contributed by atoms with E-state index in [9.17, 15) is 18.0 Å². The number of hydrogen-bond donors (Lipinski definition) is 0. The molecule has 4 aromatic rings. The van der Waals surface area contributed by atoms with Gasteiger partial charge in [0.1, 0.15) is 16.4 Å². The van der Waals surface area contributed by atoms with Gasteiger partial charge in [0.25, 0.3) is 5.91 Å². The number of alkyl halides is 3. The van der Waals surface area contributed by atoms with Crippen molar-refractivity contribution < 1.29 is 18.0 Å². The summed E-state index contributed by atoms with van der Waals surface area (Å²) in [4.78, 5) is 24.9. The molecule has 0 unspecified atom stereocenters. The van der Waals surface area contributed by atoms with Gasteiger partial charge < -0.3 is 9.80 Å². The van der Waals surface area contributed by atoms with Crippen LogP contribution in [0.15, 0.2) is 66.3 Å². The average molecular weight is 497 g/mol. The van der Waals surface area contributed by atoms with Gasteiger partial charge >= 0.3 is 6.18 Å². The van der Waals surface area contributed by atoms with Gasteiger partial charge in [0.05, 0.1) is 11.1 Å². The van der Waals surface area contributed by atoms with Crippen LogP contribution in [0.3, 0.4) is 0 Å². The Bertz CT molecular complexity index is 1320. The second-order valence-electron chi connectivity index (χ2n) is 7.88. The van der Waals surface area contributed by atoms with Crippen LogP contribution in [0, 0.1) is 0 Å². The number of pyridine rings is 1. The number of hydrogen-bond acceptors (Lipinski definition) is 7. The molecule has 35 heavy (non-hydrogen) atoms. The normalized spacial score (nSPS) is 14.3. The summed E-state index contributed by atoms with van der Waals surface area (Å²) >= 11 is 1.50. The van der Waals surface area contributed by atoms with Crippen LogP contribution in [-0.4, -0.2) is 57.2 Å². The number of carbonyl (C=O) groups excluding carboxylic acids is 1. The van der Waals surface area contributed by atoms with E-state index >= 15 is 0 Å². The van der Waals surface area contributed by atoms with Gasteiger partial charge in [0, 0.05) is 49.5 Å². The monoisotopic (exact) mass is 496 g/mol. The van der Waals surface area contributed by atoms with Gasteiger partial charge in [-0.1, -0.05) is 12.1 Å². The number of aromatic nitrogens is 4. The van der Waals surface area contributed by atoms with E-state index in [-0.39, 0.29) is 18.7 Å². The van der Waals surface area contributed by atoms with Gasteiger partial charge in [-0.25, -0.2) is 4.98 Å². The fraction of sp³-hybridized carbons (Fsp3) is 0.208. The summed E-state index contributed by atoms with van der Waals surface area (Å²) in [6.07, 6.45) is -1.12. The third kappa shape index (κ3) is 4.85. The van der Waals surface area contributed by atoms with Crippen molar-refractivity contribution in [1.29, 1.82) is 0 Å². The third-order valence-corrected chi connectivity index (χ3v) is 6.57. The van der Waals surface area contributed by atoms with Crippen molar-refractivity contribution in [2.24, 2.45) is 0 Å². The lowest BCUT2D eigenvalue weighted by Crippen LogP contribution is -2.49. The first kappa shape index (κ1) is 22.9. The molecule has 0 bridgehead atoms. The van der Waals surface area contributed by atoms with E-state index < -0.39 is 17.6 Å². The fourth-order valence-corrected chi connectivity index (χ4v) is 4.67. The maximum atomic E-state index is 13.3. The van der Waals surface area contributed by atoms with Gasteiger partial charge in [-0.3, -0.25) is 9.78 Å². The molecule has 0 N–H and O–H groups in total. The Kier molecular flexibility index (Phi) is 6.16. The molecule has 0 atom stereocenters. The minimum Gasteiger partial charge on any atom is -0.352 e. The molecule has 1 aliphatic rings. The maximum Gasteiger partial charge on any atom is 0.417 e. The summed E-state index contributed by atoms with van der Waals surface area (Å²) in [5, 5.41) is 11.4. The van der Waals surface area contributed by atoms with E-state index in [0.29, 0.717) is 30.3 Å². The van der Waals surface area contributed by atoms with E-state index in [0.717, 1.165) is 16.6 Å². The van der Waals surface area contributed by atoms with Crippen LogP contribution in [-0.2, 0) is 6.18 Å². The fourth-order valence-electron chi connectivity index (χ4n) is 3.87. The zero-order chi connectivity index (χ0) is 24.4. The second kappa shape index (κ2) is 9.41. The minimum absolute atomic E-state index is 0.287. The highest BCUT2D eigenvalue weighted by Gasteiger charge is 2.36. The van der Waals surface area contributed by atoms with Crippen molar-refractivity contribution >= 4 is 23.1 Å². The summed E-state index contributed by atoms with van der Waals surface area (Å²) in [7, 11) is 0. The number of amides is 1. The zero-order valence-corrected chi connectivity index (χ0v) is 19.1. The van der Waals surface area contributed by atoms with E-state index in [2.05, 4.69) is 20.2 Å². The molecule has 1 aromatic carbocycles. The van der Waals surface area contributed by atoms with Crippen molar-refractivity contribution in [3.63, 3.8) is 0 Å². The molecule has 1 amide bonds. The summed E-state index contributed by atoms with van der Waals surface area (Å²) in [5.41, 5.74) is 1.04. The Morgan fingerprint density at radius 3 is 2.40 bits per heavy atom. The number of carbonyl (C=O) groups is 1.